The van der Waals surface area contributed by atoms with Gasteiger partial charge < -0.3 is 10.0 Å². The normalized spacial score (nSPS) is 7.75. The van der Waals surface area contributed by atoms with Crippen molar-refractivity contribution in [2.24, 2.45) is 0 Å². The summed E-state index contributed by atoms with van der Waals surface area (Å²) in [7, 11) is -1.34. The van der Waals surface area contributed by atoms with Crippen LogP contribution in [0.2, 0.25) is 0 Å². The highest BCUT2D eigenvalue weighted by molar-refractivity contribution is 9.10. The summed E-state index contributed by atoms with van der Waals surface area (Å²) in [6.07, 6.45) is 0. The molecular formula is C16H24BBrO2. The monoisotopic (exact) mass is 338 g/mol. The average Bonchev–Trinajstić information content (AvgIpc) is 2.53. The summed E-state index contributed by atoms with van der Waals surface area (Å²) in [5.41, 5.74) is 0.525. The molecule has 0 saturated carbocycles. The minimum atomic E-state index is -1.34. The molecule has 0 saturated heterocycles. The summed E-state index contributed by atoms with van der Waals surface area (Å²) >= 11 is 3.31. The molecule has 2 rings (SSSR count). The molecule has 110 valence electrons. The molecule has 4 heteroatoms. The van der Waals surface area contributed by atoms with E-state index in [4.69, 9.17) is 10.0 Å². The highest BCUT2D eigenvalue weighted by atomic mass is 79.9. The van der Waals surface area contributed by atoms with Gasteiger partial charge in [-0.3, -0.25) is 0 Å². The van der Waals surface area contributed by atoms with Gasteiger partial charge in [0, 0.05) is 4.47 Å². The van der Waals surface area contributed by atoms with Crippen molar-refractivity contribution in [3.8, 4) is 0 Å². The molecule has 0 bridgehead atoms. The zero-order valence-electron chi connectivity index (χ0n) is 12.6. The van der Waals surface area contributed by atoms with Crippen molar-refractivity contribution >= 4 is 28.5 Å². The third-order valence-corrected chi connectivity index (χ3v) is 2.36. The highest BCUT2D eigenvalue weighted by Gasteiger charge is 2.07. The Bertz CT molecular complexity index is 394. The molecule has 0 heterocycles. The molecule has 0 aliphatic carbocycles. The second-order valence-electron chi connectivity index (χ2n) is 3.08. The Hall–Kier alpha value is -1.10. The van der Waals surface area contributed by atoms with Gasteiger partial charge in [0.2, 0.25) is 0 Å². The van der Waals surface area contributed by atoms with Crippen LogP contribution in [0.25, 0.3) is 0 Å². The van der Waals surface area contributed by atoms with E-state index >= 15 is 0 Å². The average molecular weight is 339 g/mol. The lowest BCUT2D eigenvalue weighted by Gasteiger charge is -1.94. The van der Waals surface area contributed by atoms with Gasteiger partial charge in [-0.2, -0.15) is 0 Å². The topological polar surface area (TPSA) is 40.5 Å². The number of benzene rings is 2. The summed E-state index contributed by atoms with van der Waals surface area (Å²) in [5, 5.41) is 17.2. The van der Waals surface area contributed by atoms with E-state index in [-0.39, 0.29) is 0 Å². The predicted octanol–water partition coefficient (Wildman–Crippen LogP) is 3.87. The Labute approximate surface area is 131 Å². The Morgan fingerprint density at radius 2 is 1.05 bits per heavy atom. The summed E-state index contributed by atoms with van der Waals surface area (Å²) in [6, 6.07) is 18.6. The molecule has 0 radical (unpaired) electrons. The fraction of sp³-hybridized carbons (Fsp3) is 0.250. The summed E-state index contributed by atoms with van der Waals surface area (Å²) in [4.78, 5) is 0. The van der Waals surface area contributed by atoms with E-state index < -0.39 is 7.12 Å². The quantitative estimate of drug-likeness (QED) is 0.775. The van der Waals surface area contributed by atoms with Crippen LogP contribution in [-0.4, -0.2) is 17.2 Å². The van der Waals surface area contributed by atoms with Crippen molar-refractivity contribution < 1.29 is 10.0 Å². The lowest BCUT2D eigenvalue weighted by molar-refractivity contribution is 0.426. The highest BCUT2D eigenvalue weighted by Crippen LogP contribution is 2.05. The Morgan fingerprint density at radius 1 is 0.700 bits per heavy atom. The van der Waals surface area contributed by atoms with Crippen LogP contribution in [0.3, 0.4) is 0 Å². The first-order valence-electron chi connectivity index (χ1n) is 6.82. The molecule has 0 amide bonds. The third kappa shape index (κ3) is 12.0. The van der Waals surface area contributed by atoms with Gasteiger partial charge in [0.1, 0.15) is 0 Å². The molecular weight excluding hydrogens is 315 g/mol. The van der Waals surface area contributed by atoms with E-state index in [0.29, 0.717) is 5.46 Å². The minimum Gasteiger partial charge on any atom is -0.423 e. The largest absolute Gasteiger partial charge is 0.488 e. The zero-order chi connectivity index (χ0) is 15.8. The molecule has 0 fully saturated rings. The lowest BCUT2D eigenvalue weighted by atomic mass is 9.81. The molecule has 2 N–H and O–H groups in total. The second kappa shape index (κ2) is 16.0. The molecule has 2 aromatic rings. The van der Waals surface area contributed by atoms with Crippen LogP contribution in [0, 0.1) is 0 Å². The Kier molecular flexibility index (Phi) is 16.9. The van der Waals surface area contributed by atoms with Crippen LogP contribution in [0.4, 0.5) is 0 Å². The molecule has 0 atom stereocenters. The SMILES string of the molecule is Brc1ccccc1.CC.CC.OB(O)c1ccccc1. The number of hydrogen-bond acceptors (Lipinski definition) is 2. The smallest absolute Gasteiger partial charge is 0.423 e. The fourth-order valence-corrected chi connectivity index (χ4v) is 1.35. The first kappa shape index (κ1) is 21.2. The first-order chi connectivity index (χ1) is 9.70. The van der Waals surface area contributed by atoms with Gasteiger partial charge >= 0.3 is 7.12 Å². The van der Waals surface area contributed by atoms with Gasteiger partial charge in [-0.25, -0.2) is 0 Å². The van der Waals surface area contributed by atoms with Crippen LogP contribution >= 0.6 is 15.9 Å². The maximum atomic E-state index is 8.58. The first-order valence-corrected chi connectivity index (χ1v) is 7.61. The standard InChI is InChI=1S/C6H7BO2.C6H5Br.2C2H6/c8-7(9)6-4-2-1-3-5-6;7-6-4-2-1-3-5-6;2*1-2/h1-5,8-9H;1-5H;2*1-2H3. The molecule has 2 aromatic carbocycles. The zero-order valence-corrected chi connectivity index (χ0v) is 14.2. The Morgan fingerprint density at radius 3 is 1.25 bits per heavy atom. The van der Waals surface area contributed by atoms with Crippen LogP contribution < -0.4 is 5.46 Å². The van der Waals surface area contributed by atoms with E-state index in [1.165, 1.54) is 0 Å². The summed E-state index contributed by atoms with van der Waals surface area (Å²) in [5.74, 6) is 0. The molecule has 0 aliphatic heterocycles. The molecule has 0 spiro atoms. The van der Waals surface area contributed by atoms with Crippen molar-refractivity contribution in [3.63, 3.8) is 0 Å². The molecule has 0 aromatic heterocycles. The van der Waals surface area contributed by atoms with Gasteiger partial charge in [-0.05, 0) is 17.6 Å². The van der Waals surface area contributed by atoms with Crippen LogP contribution in [0.1, 0.15) is 27.7 Å². The van der Waals surface area contributed by atoms with Gasteiger partial charge in [0.15, 0.2) is 0 Å². The van der Waals surface area contributed by atoms with Crippen LogP contribution in [0.5, 0.6) is 0 Å². The van der Waals surface area contributed by atoms with Gasteiger partial charge in [0.05, 0.1) is 0 Å². The number of halogens is 1. The van der Waals surface area contributed by atoms with Crippen molar-refractivity contribution in [1.82, 2.24) is 0 Å². The third-order valence-electron chi connectivity index (χ3n) is 1.83. The van der Waals surface area contributed by atoms with Crippen molar-refractivity contribution in [3.05, 3.63) is 65.1 Å². The maximum absolute atomic E-state index is 8.58. The molecule has 0 unspecified atom stereocenters. The van der Waals surface area contributed by atoms with E-state index in [9.17, 15) is 0 Å². The molecule has 2 nitrogen and oxygen atoms in total. The van der Waals surface area contributed by atoms with Crippen molar-refractivity contribution in [1.29, 1.82) is 0 Å². The fourth-order valence-electron chi connectivity index (χ4n) is 1.04. The van der Waals surface area contributed by atoms with Gasteiger partial charge in [-0.1, -0.05) is 92.2 Å². The number of hydrogen-bond donors (Lipinski definition) is 2. The van der Waals surface area contributed by atoms with Crippen LogP contribution in [-0.2, 0) is 0 Å². The minimum absolute atomic E-state index is 0.525. The summed E-state index contributed by atoms with van der Waals surface area (Å²) < 4.78 is 1.13. The maximum Gasteiger partial charge on any atom is 0.488 e. The molecule has 20 heavy (non-hydrogen) atoms. The van der Waals surface area contributed by atoms with Crippen molar-refractivity contribution in [2.75, 3.05) is 0 Å². The van der Waals surface area contributed by atoms with Gasteiger partial charge in [0.25, 0.3) is 0 Å². The second-order valence-corrected chi connectivity index (χ2v) is 4.00. The van der Waals surface area contributed by atoms with E-state index in [1.54, 1.807) is 24.3 Å². The van der Waals surface area contributed by atoms with Gasteiger partial charge in [-0.15, -0.1) is 0 Å². The van der Waals surface area contributed by atoms with Crippen LogP contribution in [0.15, 0.2) is 65.1 Å². The van der Waals surface area contributed by atoms with Crippen molar-refractivity contribution in [2.45, 2.75) is 27.7 Å². The van der Waals surface area contributed by atoms with E-state index in [0.717, 1.165) is 4.47 Å². The molecule has 0 aliphatic rings. The Balaban J connectivity index is 0. The lowest BCUT2D eigenvalue weighted by Crippen LogP contribution is -2.29. The predicted molar refractivity (Wildman–Crippen MR) is 93.1 cm³/mol. The number of rotatable bonds is 1. The van der Waals surface area contributed by atoms with E-state index in [2.05, 4.69) is 15.9 Å². The van der Waals surface area contributed by atoms with E-state index in [1.807, 2.05) is 64.1 Å². The summed E-state index contributed by atoms with van der Waals surface area (Å²) in [6.45, 7) is 8.00.